The van der Waals surface area contributed by atoms with Gasteiger partial charge < -0.3 is 14.6 Å². The molecular formula is C22H31NO3. The lowest BCUT2D eigenvalue weighted by molar-refractivity contribution is -0.936. The molecule has 4 nitrogen and oxygen atoms in total. The molecule has 0 aromatic rings. The molecule has 0 N–H and O–H groups in total. The number of nitrogens with zero attached hydrogens (tertiary/aromatic N) is 1. The number of carbonyl (C=O) groups is 1. The molecule has 0 radical (unpaired) electrons. The molecule has 3 unspecified atom stereocenters. The zero-order valence-electron chi connectivity index (χ0n) is 16.1. The minimum atomic E-state index is -0.433. The Balaban J connectivity index is 1.58. The van der Waals surface area contributed by atoms with Crippen LogP contribution in [0.5, 0.6) is 0 Å². The Labute approximate surface area is 156 Å². The van der Waals surface area contributed by atoms with Gasteiger partial charge >= 0.3 is 5.97 Å². The van der Waals surface area contributed by atoms with Gasteiger partial charge in [-0.3, -0.25) is 4.79 Å². The van der Waals surface area contributed by atoms with Crippen molar-refractivity contribution < 1.29 is 14.2 Å². The van der Waals surface area contributed by atoms with Crippen LogP contribution in [0.25, 0.3) is 0 Å². The molecular weight excluding hydrogens is 326 g/mol. The Kier molecular flexibility index (Phi) is 2.94. The predicted octanol–water partition coefficient (Wildman–Crippen LogP) is 3.94. The van der Waals surface area contributed by atoms with Gasteiger partial charge in [-0.25, -0.2) is 0 Å². The standard InChI is InChI=1S/C22H31NO3/c1-13-12-23(25)19-16-5-3-4-14(16)6-7-17(19)21(2)22(11-9-18(24)26-21)10-8-15(13)20(22)23/h5,13-15,17,19-20H,3-4,6-12H2,1-2H3/t13-,14-,15-,17?,19+,20?,21-,22+,23?/m1/s1. The number of esters is 1. The number of hydrogen-bond acceptors (Lipinski definition) is 3. The van der Waals surface area contributed by atoms with E-state index in [0.717, 1.165) is 38.6 Å². The largest absolute Gasteiger partial charge is 0.632 e. The minimum Gasteiger partial charge on any atom is -0.632 e. The summed E-state index contributed by atoms with van der Waals surface area (Å²) in [6.07, 6.45) is 10.6. The average molecular weight is 357 g/mol. The van der Waals surface area contributed by atoms with Gasteiger partial charge in [-0.05, 0) is 63.4 Å². The van der Waals surface area contributed by atoms with E-state index in [2.05, 4.69) is 19.9 Å². The SMILES string of the molecule is C[C@@H]1C[N+]2([O-])C3[C@@H]1CC[C@]31CCC(=O)O[C@]1(C)C1CC[C@H]3CCC=C3[C@@H]12. The van der Waals surface area contributed by atoms with Crippen molar-refractivity contribution in [3.63, 3.8) is 0 Å². The van der Waals surface area contributed by atoms with Crippen LogP contribution in [0.1, 0.15) is 65.2 Å². The van der Waals surface area contributed by atoms with Crippen molar-refractivity contribution in [3.05, 3.63) is 16.9 Å². The molecule has 9 atom stereocenters. The van der Waals surface area contributed by atoms with Crippen LogP contribution in [0.3, 0.4) is 0 Å². The van der Waals surface area contributed by atoms with Crippen molar-refractivity contribution in [1.82, 2.24) is 0 Å². The van der Waals surface area contributed by atoms with Crippen LogP contribution in [0.2, 0.25) is 0 Å². The van der Waals surface area contributed by atoms with Crippen LogP contribution < -0.4 is 0 Å². The first kappa shape index (κ1) is 16.1. The van der Waals surface area contributed by atoms with Gasteiger partial charge in [0.2, 0.25) is 0 Å². The first-order chi connectivity index (χ1) is 12.4. The molecule has 26 heavy (non-hydrogen) atoms. The van der Waals surface area contributed by atoms with Gasteiger partial charge in [0, 0.05) is 18.3 Å². The number of hydrogen-bond donors (Lipinski definition) is 0. The smallest absolute Gasteiger partial charge is 0.306 e. The molecule has 2 saturated carbocycles. The van der Waals surface area contributed by atoms with Crippen molar-refractivity contribution in [2.75, 3.05) is 6.54 Å². The van der Waals surface area contributed by atoms with E-state index in [1.165, 1.54) is 18.4 Å². The van der Waals surface area contributed by atoms with Crippen LogP contribution in [0.4, 0.5) is 0 Å². The molecule has 5 fully saturated rings. The third-order valence-corrected chi connectivity index (χ3v) is 9.85. The van der Waals surface area contributed by atoms with Crippen molar-refractivity contribution in [2.24, 2.45) is 29.1 Å². The Morgan fingerprint density at radius 2 is 2.08 bits per heavy atom. The molecule has 1 spiro atoms. The maximum absolute atomic E-state index is 14.7. The number of fused-ring (bicyclic) bond motifs is 5. The molecule has 3 heterocycles. The third-order valence-electron chi connectivity index (χ3n) is 9.85. The maximum Gasteiger partial charge on any atom is 0.306 e. The lowest BCUT2D eigenvalue weighted by Crippen LogP contribution is -2.78. The van der Waals surface area contributed by atoms with Crippen LogP contribution in [-0.2, 0) is 9.53 Å². The van der Waals surface area contributed by atoms with E-state index in [1.807, 2.05) is 0 Å². The van der Waals surface area contributed by atoms with Gasteiger partial charge in [0.1, 0.15) is 17.7 Å². The molecule has 0 aromatic heterocycles. The highest BCUT2D eigenvalue weighted by Gasteiger charge is 2.78. The predicted molar refractivity (Wildman–Crippen MR) is 97.7 cm³/mol. The van der Waals surface area contributed by atoms with E-state index >= 15 is 0 Å². The molecule has 3 aliphatic heterocycles. The molecule has 0 bridgehead atoms. The molecule has 0 aromatic carbocycles. The summed E-state index contributed by atoms with van der Waals surface area (Å²) in [5.74, 6) is 1.82. The first-order valence-electron chi connectivity index (χ1n) is 10.9. The maximum atomic E-state index is 14.7. The second-order valence-electron chi connectivity index (χ2n) is 10.5. The molecule has 4 heteroatoms. The van der Waals surface area contributed by atoms with E-state index in [1.54, 1.807) is 0 Å². The van der Waals surface area contributed by atoms with Gasteiger partial charge in [-0.1, -0.05) is 13.0 Å². The van der Waals surface area contributed by atoms with Gasteiger partial charge in [0.05, 0.1) is 17.9 Å². The quantitative estimate of drug-likeness (QED) is 0.286. The molecule has 3 aliphatic carbocycles. The van der Waals surface area contributed by atoms with Crippen LogP contribution in [-0.4, -0.2) is 34.8 Å². The number of piperidine rings is 1. The van der Waals surface area contributed by atoms with Crippen molar-refractivity contribution >= 4 is 5.97 Å². The summed E-state index contributed by atoms with van der Waals surface area (Å²) in [6.45, 7) is 5.32. The van der Waals surface area contributed by atoms with Gasteiger partial charge in [0.25, 0.3) is 0 Å². The number of allylic oxidation sites excluding steroid dienone is 1. The topological polar surface area (TPSA) is 49.4 Å². The Morgan fingerprint density at radius 3 is 2.92 bits per heavy atom. The summed E-state index contributed by atoms with van der Waals surface area (Å²) in [4.78, 5) is 12.4. The van der Waals surface area contributed by atoms with Crippen molar-refractivity contribution in [1.29, 1.82) is 0 Å². The van der Waals surface area contributed by atoms with E-state index in [9.17, 15) is 10.0 Å². The lowest BCUT2D eigenvalue weighted by atomic mass is 9.51. The fourth-order valence-corrected chi connectivity index (χ4v) is 9.05. The molecule has 6 aliphatic rings. The molecule has 0 amide bonds. The number of rotatable bonds is 0. The highest BCUT2D eigenvalue weighted by atomic mass is 16.6. The van der Waals surface area contributed by atoms with Crippen molar-refractivity contribution in [2.45, 2.75) is 82.9 Å². The highest BCUT2D eigenvalue weighted by Crippen LogP contribution is 2.71. The summed E-state index contributed by atoms with van der Waals surface area (Å²) < 4.78 is 6.31. The molecule has 3 saturated heterocycles. The van der Waals surface area contributed by atoms with E-state index in [0.29, 0.717) is 24.2 Å². The first-order valence-corrected chi connectivity index (χ1v) is 10.9. The summed E-state index contributed by atoms with van der Waals surface area (Å²) >= 11 is 0. The van der Waals surface area contributed by atoms with E-state index < -0.39 is 5.60 Å². The number of ether oxygens (including phenoxy) is 1. The summed E-state index contributed by atoms with van der Waals surface area (Å²) in [5, 5.41) is 14.7. The Morgan fingerprint density at radius 1 is 1.23 bits per heavy atom. The number of carbonyl (C=O) groups excluding carboxylic acids is 1. The zero-order valence-corrected chi connectivity index (χ0v) is 16.1. The minimum absolute atomic E-state index is 0.0198. The van der Waals surface area contributed by atoms with Crippen LogP contribution in [0.15, 0.2) is 11.6 Å². The van der Waals surface area contributed by atoms with E-state index in [4.69, 9.17) is 4.74 Å². The molecule has 142 valence electrons. The lowest BCUT2D eigenvalue weighted by Gasteiger charge is -2.70. The molecule has 6 rings (SSSR count). The highest BCUT2D eigenvalue weighted by molar-refractivity contribution is 5.71. The van der Waals surface area contributed by atoms with Gasteiger partial charge in [-0.2, -0.15) is 0 Å². The summed E-state index contributed by atoms with van der Waals surface area (Å²) in [6, 6.07) is 0.202. The zero-order chi connectivity index (χ0) is 17.9. The third kappa shape index (κ3) is 1.56. The van der Waals surface area contributed by atoms with Gasteiger partial charge in [-0.15, -0.1) is 0 Å². The fraction of sp³-hybridized carbons (Fsp3) is 0.864. The van der Waals surface area contributed by atoms with Crippen LogP contribution in [0, 0.1) is 34.3 Å². The summed E-state index contributed by atoms with van der Waals surface area (Å²) in [5.41, 5.74) is 0.940. The Bertz CT molecular complexity index is 718. The van der Waals surface area contributed by atoms with Gasteiger partial charge in [0.15, 0.2) is 0 Å². The second kappa shape index (κ2) is 4.75. The number of quaternary nitrogens is 1. The Hall–Kier alpha value is -0.870. The fourth-order valence-electron chi connectivity index (χ4n) is 9.05. The van der Waals surface area contributed by atoms with Crippen LogP contribution >= 0.6 is 0 Å². The number of hydroxylamine groups is 3. The van der Waals surface area contributed by atoms with Crippen molar-refractivity contribution in [3.8, 4) is 0 Å². The average Bonchev–Trinajstić information content (AvgIpc) is 3.27. The summed E-state index contributed by atoms with van der Waals surface area (Å²) in [7, 11) is 0. The normalized spacial score (nSPS) is 59.8. The monoisotopic (exact) mass is 357 g/mol. The van der Waals surface area contributed by atoms with E-state index in [-0.39, 0.29) is 34.0 Å². The second-order valence-corrected chi connectivity index (χ2v) is 10.5.